The Hall–Kier alpha value is -3.04. The molecule has 2 aromatic rings. The van der Waals surface area contributed by atoms with Gasteiger partial charge in [-0.1, -0.05) is 24.3 Å². The van der Waals surface area contributed by atoms with Crippen molar-refractivity contribution in [2.75, 3.05) is 45.1 Å². The maximum Gasteiger partial charge on any atom is 0.272 e. The highest BCUT2D eigenvalue weighted by molar-refractivity contribution is 5.92. The lowest BCUT2D eigenvalue weighted by atomic mass is 10.00. The number of aromatic nitrogens is 2. The summed E-state index contributed by atoms with van der Waals surface area (Å²) in [6.45, 7) is 5.49. The summed E-state index contributed by atoms with van der Waals surface area (Å²) in [5, 5.41) is 14.0. The fraction of sp³-hybridized carbons (Fsp3) is 0.520. The van der Waals surface area contributed by atoms with Crippen LogP contribution in [-0.2, 0) is 17.8 Å². The molecule has 1 aromatic heterocycles. The first-order chi connectivity index (χ1) is 16.4. The van der Waals surface area contributed by atoms with Crippen LogP contribution in [0.15, 0.2) is 36.7 Å². The Balaban J connectivity index is 1.27. The standard InChI is InChI=1S/C25H34N6O3/c1-18(32)31-11-8-21(9-12-31)28-24-13-23(26-17-27-24)25(34)29(2)15-22(33)16-30-10-7-19-5-3-4-6-20(19)14-30/h3-6,13,17,21-22,33H,7-12,14-16H2,1-2H3,(H,26,27,28)/t22-/m0/s1. The summed E-state index contributed by atoms with van der Waals surface area (Å²) in [4.78, 5) is 38.4. The van der Waals surface area contributed by atoms with Crippen molar-refractivity contribution in [1.29, 1.82) is 0 Å². The van der Waals surface area contributed by atoms with Crippen molar-refractivity contribution in [2.45, 2.75) is 44.9 Å². The molecular formula is C25H34N6O3. The van der Waals surface area contributed by atoms with E-state index in [4.69, 9.17) is 0 Å². The average Bonchev–Trinajstić information content (AvgIpc) is 2.84. The van der Waals surface area contributed by atoms with Crippen LogP contribution in [0, 0.1) is 0 Å². The van der Waals surface area contributed by atoms with Gasteiger partial charge in [-0.25, -0.2) is 9.97 Å². The highest BCUT2D eigenvalue weighted by atomic mass is 16.3. The second-order valence-electron chi connectivity index (χ2n) is 9.31. The van der Waals surface area contributed by atoms with Crippen molar-refractivity contribution in [3.8, 4) is 0 Å². The molecule has 182 valence electrons. The summed E-state index contributed by atoms with van der Waals surface area (Å²) >= 11 is 0. The van der Waals surface area contributed by atoms with E-state index in [1.54, 1.807) is 20.0 Å². The Morgan fingerprint density at radius 3 is 2.65 bits per heavy atom. The third-order valence-corrected chi connectivity index (χ3v) is 6.69. The van der Waals surface area contributed by atoms with Gasteiger partial charge < -0.3 is 20.2 Å². The van der Waals surface area contributed by atoms with Crippen LogP contribution in [0.3, 0.4) is 0 Å². The number of rotatable bonds is 7. The number of likely N-dealkylation sites (N-methyl/N-ethyl adjacent to an activating group) is 1. The first-order valence-electron chi connectivity index (χ1n) is 12.0. The van der Waals surface area contributed by atoms with E-state index in [2.05, 4.69) is 38.4 Å². The number of anilines is 1. The first-order valence-corrected chi connectivity index (χ1v) is 12.0. The minimum absolute atomic E-state index is 0.101. The molecule has 9 nitrogen and oxygen atoms in total. The highest BCUT2D eigenvalue weighted by Gasteiger charge is 2.23. The Labute approximate surface area is 200 Å². The van der Waals surface area contributed by atoms with Gasteiger partial charge in [-0.05, 0) is 30.4 Å². The van der Waals surface area contributed by atoms with Gasteiger partial charge in [-0.2, -0.15) is 0 Å². The molecule has 4 rings (SSSR count). The van der Waals surface area contributed by atoms with Crippen LogP contribution in [0.4, 0.5) is 5.82 Å². The van der Waals surface area contributed by atoms with E-state index in [0.717, 1.165) is 32.4 Å². The highest BCUT2D eigenvalue weighted by Crippen LogP contribution is 2.19. The predicted octanol–water partition coefficient (Wildman–Crippen LogP) is 1.39. The van der Waals surface area contributed by atoms with E-state index in [9.17, 15) is 14.7 Å². The lowest BCUT2D eigenvalue weighted by Gasteiger charge is -2.32. The van der Waals surface area contributed by atoms with Gasteiger partial charge in [0, 0.05) is 65.3 Å². The van der Waals surface area contributed by atoms with Crippen molar-refractivity contribution in [3.05, 3.63) is 53.5 Å². The average molecular weight is 467 g/mol. The van der Waals surface area contributed by atoms with Crippen molar-refractivity contribution < 1.29 is 14.7 Å². The van der Waals surface area contributed by atoms with Crippen LogP contribution in [-0.4, -0.2) is 93.5 Å². The molecule has 0 aliphatic carbocycles. The van der Waals surface area contributed by atoms with Gasteiger partial charge in [0.2, 0.25) is 5.91 Å². The number of aliphatic hydroxyl groups excluding tert-OH is 1. The van der Waals surface area contributed by atoms with E-state index >= 15 is 0 Å². The number of fused-ring (bicyclic) bond motifs is 1. The number of piperidine rings is 1. The molecule has 1 fully saturated rings. The maximum atomic E-state index is 12.9. The van der Waals surface area contributed by atoms with Gasteiger partial charge in [-0.15, -0.1) is 0 Å². The molecular weight excluding hydrogens is 432 g/mol. The fourth-order valence-corrected chi connectivity index (χ4v) is 4.76. The molecule has 2 aliphatic heterocycles. The number of likely N-dealkylation sites (tertiary alicyclic amines) is 1. The molecule has 0 spiro atoms. The largest absolute Gasteiger partial charge is 0.390 e. The molecule has 2 N–H and O–H groups in total. The lowest BCUT2D eigenvalue weighted by molar-refractivity contribution is -0.129. The topological polar surface area (TPSA) is 102 Å². The molecule has 1 saturated heterocycles. The van der Waals surface area contributed by atoms with Gasteiger partial charge in [0.15, 0.2) is 0 Å². The Bertz CT molecular complexity index is 1010. The molecule has 2 amide bonds. The number of nitrogens with zero attached hydrogens (tertiary/aromatic N) is 5. The van der Waals surface area contributed by atoms with Crippen LogP contribution in [0.2, 0.25) is 0 Å². The number of amides is 2. The number of hydrogen-bond acceptors (Lipinski definition) is 7. The van der Waals surface area contributed by atoms with Crippen molar-refractivity contribution in [2.24, 2.45) is 0 Å². The van der Waals surface area contributed by atoms with Gasteiger partial charge in [-0.3, -0.25) is 14.5 Å². The third kappa shape index (κ3) is 6.09. The minimum Gasteiger partial charge on any atom is -0.390 e. The van der Waals surface area contributed by atoms with Gasteiger partial charge >= 0.3 is 0 Å². The predicted molar refractivity (Wildman–Crippen MR) is 129 cm³/mol. The number of aliphatic hydroxyl groups is 1. The summed E-state index contributed by atoms with van der Waals surface area (Å²) < 4.78 is 0. The number of carbonyl (C=O) groups is 2. The minimum atomic E-state index is -0.648. The second-order valence-corrected chi connectivity index (χ2v) is 9.31. The van der Waals surface area contributed by atoms with Crippen molar-refractivity contribution >= 4 is 17.6 Å². The van der Waals surface area contributed by atoms with Crippen LogP contribution in [0.25, 0.3) is 0 Å². The summed E-state index contributed by atoms with van der Waals surface area (Å²) in [6, 6.07) is 10.3. The van der Waals surface area contributed by atoms with Gasteiger partial charge in [0.25, 0.3) is 5.91 Å². The summed E-state index contributed by atoms with van der Waals surface area (Å²) in [6.07, 6.45) is 3.38. The molecule has 0 radical (unpaired) electrons. The summed E-state index contributed by atoms with van der Waals surface area (Å²) in [7, 11) is 1.68. The molecule has 2 aliphatic rings. The monoisotopic (exact) mass is 466 g/mol. The SMILES string of the molecule is CC(=O)N1CCC(Nc2cc(C(=O)N(C)C[C@H](O)CN3CCc4ccccc4C3)ncn2)CC1. The smallest absolute Gasteiger partial charge is 0.272 e. The van der Waals surface area contributed by atoms with E-state index in [-0.39, 0.29) is 24.4 Å². The number of β-amino-alcohol motifs (C(OH)–C–C–N with tert-alkyl or cyclic N) is 1. The van der Waals surface area contributed by atoms with E-state index in [1.807, 2.05) is 11.0 Å². The number of hydrogen-bond donors (Lipinski definition) is 2. The van der Waals surface area contributed by atoms with Gasteiger partial charge in [0.1, 0.15) is 17.8 Å². The lowest BCUT2D eigenvalue weighted by Crippen LogP contribution is -2.43. The Morgan fingerprint density at radius 1 is 1.18 bits per heavy atom. The van der Waals surface area contributed by atoms with Crippen molar-refractivity contribution in [3.63, 3.8) is 0 Å². The quantitative estimate of drug-likeness (QED) is 0.636. The van der Waals surface area contributed by atoms with E-state index in [1.165, 1.54) is 22.4 Å². The molecule has 0 saturated carbocycles. The zero-order valence-electron chi connectivity index (χ0n) is 20.0. The molecule has 1 aromatic carbocycles. The van der Waals surface area contributed by atoms with E-state index < -0.39 is 6.10 Å². The van der Waals surface area contributed by atoms with Crippen LogP contribution in [0.1, 0.15) is 41.4 Å². The number of carbonyl (C=O) groups excluding carboxylic acids is 2. The Kier molecular flexibility index (Phi) is 7.74. The molecule has 1 atom stereocenters. The molecule has 9 heteroatoms. The summed E-state index contributed by atoms with van der Waals surface area (Å²) in [5.41, 5.74) is 2.97. The number of benzene rings is 1. The van der Waals surface area contributed by atoms with Gasteiger partial charge in [0.05, 0.1) is 6.10 Å². The van der Waals surface area contributed by atoms with E-state index in [0.29, 0.717) is 31.1 Å². The molecule has 34 heavy (non-hydrogen) atoms. The van der Waals surface area contributed by atoms with Crippen LogP contribution >= 0.6 is 0 Å². The normalized spacial score (nSPS) is 17.7. The maximum absolute atomic E-state index is 12.9. The second kappa shape index (κ2) is 10.9. The third-order valence-electron chi connectivity index (χ3n) is 6.69. The zero-order chi connectivity index (χ0) is 24.1. The molecule has 0 unspecified atom stereocenters. The van der Waals surface area contributed by atoms with Crippen molar-refractivity contribution in [1.82, 2.24) is 24.7 Å². The molecule has 3 heterocycles. The fourth-order valence-electron chi connectivity index (χ4n) is 4.76. The zero-order valence-corrected chi connectivity index (χ0v) is 20.0. The Morgan fingerprint density at radius 2 is 1.91 bits per heavy atom. The first kappa shape index (κ1) is 24.1. The van der Waals surface area contributed by atoms with Crippen LogP contribution in [0.5, 0.6) is 0 Å². The van der Waals surface area contributed by atoms with Crippen LogP contribution < -0.4 is 5.32 Å². The molecule has 0 bridgehead atoms. The summed E-state index contributed by atoms with van der Waals surface area (Å²) in [5.74, 6) is 0.448. The number of nitrogens with one attached hydrogen (secondary N) is 1.